The van der Waals surface area contributed by atoms with E-state index in [1.807, 2.05) is 19.1 Å². The topological polar surface area (TPSA) is 89.3 Å². The Morgan fingerprint density at radius 3 is 2.31 bits per heavy atom. The second kappa shape index (κ2) is 8.53. The van der Waals surface area contributed by atoms with Crippen molar-refractivity contribution in [1.82, 2.24) is 9.97 Å². The van der Waals surface area contributed by atoms with E-state index in [-0.39, 0.29) is 6.04 Å². The lowest BCUT2D eigenvalue weighted by Crippen LogP contribution is -2.15. The van der Waals surface area contributed by atoms with Gasteiger partial charge in [0.1, 0.15) is 21.6 Å². The number of nitriles is 1. The maximum absolute atomic E-state index is 9.46. The van der Waals surface area contributed by atoms with Crippen molar-refractivity contribution in [3.8, 4) is 34.7 Å². The van der Waals surface area contributed by atoms with E-state index >= 15 is 0 Å². The molecule has 3 rings (SSSR count). The summed E-state index contributed by atoms with van der Waals surface area (Å²) in [5, 5.41) is 13.8. The van der Waals surface area contributed by atoms with E-state index in [9.17, 15) is 5.26 Å². The van der Waals surface area contributed by atoms with E-state index in [2.05, 4.69) is 25.2 Å². The Labute approximate surface area is 174 Å². The van der Waals surface area contributed by atoms with Crippen LogP contribution in [0.1, 0.15) is 30.7 Å². The van der Waals surface area contributed by atoms with Crippen LogP contribution in [0.4, 0.5) is 5.82 Å². The van der Waals surface area contributed by atoms with Crippen LogP contribution in [-0.2, 0) is 0 Å². The van der Waals surface area contributed by atoms with Crippen molar-refractivity contribution in [1.29, 1.82) is 5.26 Å². The third kappa shape index (κ3) is 3.78. The Kier molecular flexibility index (Phi) is 6.09. The number of thiophene rings is 1. The smallest absolute Gasteiger partial charge is 0.203 e. The molecule has 0 fully saturated rings. The van der Waals surface area contributed by atoms with Crippen molar-refractivity contribution >= 4 is 27.4 Å². The highest BCUT2D eigenvalue weighted by Gasteiger charge is 2.20. The van der Waals surface area contributed by atoms with Crippen molar-refractivity contribution in [3.05, 3.63) is 22.6 Å². The van der Waals surface area contributed by atoms with Crippen molar-refractivity contribution in [2.45, 2.75) is 33.2 Å². The van der Waals surface area contributed by atoms with Crippen molar-refractivity contribution < 1.29 is 14.2 Å². The van der Waals surface area contributed by atoms with E-state index in [4.69, 9.17) is 24.2 Å². The highest BCUT2D eigenvalue weighted by molar-refractivity contribution is 7.19. The van der Waals surface area contributed by atoms with Gasteiger partial charge < -0.3 is 19.5 Å². The number of nitrogens with zero attached hydrogens (tertiary/aromatic N) is 3. The molecule has 2 heterocycles. The van der Waals surface area contributed by atoms with Gasteiger partial charge >= 0.3 is 0 Å². The van der Waals surface area contributed by atoms with Crippen LogP contribution in [0.5, 0.6) is 17.2 Å². The molecule has 1 unspecified atom stereocenters. The van der Waals surface area contributed by atoms with Gasteiger partial charge in [0.25, 0.3) is 0 Å². The number of fused-ring (bicyclic) bond motifs is 1. The summed E-state index contributed by atoms with van der Waals surface area (Å²) in [4.78, 5) is 10.9. The Morgan fingerprint density at radius 1 is 1.14 bits per heavy atom. The molecule has 0 aliphatic heterocycles. The highest BCUT2D eigenvalue weighted by atomic mass is 32.1. The average molecular weight is 413 g/mol. The lowest BCUT2D eigenvalue weighted by molar-refractivity contribution is 0.324. The number of nitrogens with one attached hydrogen (secondary N) is 1. The van der Waals surface area contributed by atoms with Crippen molar-refractivity contribution in [3.63, 3.8) is 0 Å². The molecule has 0 bridgehead atoms. The average Bonchev–Trinajstić information content (AvgIpc) is 3.08. The third-order valence-corrected chi connectivity index (χ3v) is 5.90. The Bertz CT molecular complexity index is 1060. The summed E-state index contributed by atoms with van der Waals surface area (Å²) >= 11 is 1.37. The second-order valence-corrected chi connectivity index (χ2v) is 7.61. The molecule has 1 aromatic carbocycles. The van der Waals surface area contributed by atoms with Gasteiger partial charge in [0.2, 0.25) is 5.75 Å². The number of aromatic nitrogens is 2. The molecule has 0 spiro atoms. The van der Waals surface area contributed by atoms with Gasteiger partial charge in [-0.1, -0.05) is 6.92 Å². The summed E-state index contributed by atoms with van der Waals surface area (Å²) in [7, 11) is 4.71. The summed E-state index contributed by atoms with van der Waals surface area (Å²) < 4.78 is 16.3. The summed E-state index contributed by atoms with van der Waals surface area (Å²) in [6.07, 6.45) is 0.944. The Balaban J connectivity index is 2.26. The fourth-order valence-electron chi connectivity index (χ4n) is 3.02. The van der Waals surface area contributed by atoms with Gasteiger partial charge in [-0.3, -0.25) is 0 Å². The number of rotatable bonds is 7. The van der Waals surface area contributed by atoms with Crippen LogP contribution < -0.4 is 19.5 Å². The van der Waals surface area contributed by atoms with Crippen molar-refractivity contribution in [2.24, 2.45) is 0 Å². The Hall–Kier alpha value is -3.05. The first-order valence-electron chi connectivity index (χ1n) is 9.25. The van der Waals surface area contributed by atoms with Gasteiger partial charge in [-0.05, 0) is 38.0 Å². The van der Waals surface area contributed by atoms with Gasteiger partial charge in [-0.15, -0.1) is 11.3 Å². The number of hydrogen-bond acceptors (Lipinski definition) is 8. The SMILES string of the molecule is CCC(C)Nc1nc(-c2cc(OC)c(OC)c(OC)c2)nc2sc(C#N)c(C)c12. The molecule has 0 aliphatic rings. The summed E-state index contributed by atoms with van der Waals surface area (Å²) in [5.41, 5.74) is 1.63. The molecule has 8 heteroatoms. The maximum Gasteiger partial charge on any atom is 0.203 e. The zero-order chi connectivity index (χ0) is 21.1. The minimum absolute atomic E-state index is 0.228. The molecule has 0 amide bonds. The first kappa shape index (κ1) is 20.7. The molecule has 3 aromatic rings. The zero-order valence-electron chi connectivity index (χ0n) is 17.4. The van der Waals surface area contributed by atoms with Gasteiger partial charge in [-0.2, -0.15) is 5.26 Å². The van der Waals surface area contributed by atoms with E-state index in [0.29, 0.717) is 28.0 Å². The molecule has 152 valence electrons. The second-order valence-electron chi connectivity index (χ2n) is 6.61. The molecule has 0 aliphatic carbocycles. The molecule has 2 aromatic heterocycles. The number of aryl methyl sites for hydroxylation is 1. The standard InChI is InChI=1S/C21H24N4O3S/c1-7-11(2)23-20-17-12(3)16(10-22)29-21(17)25-19(24-20)13-8-14(26-4)18(28-6)15(9-13)27-5/h8-9,11H,7H2,1-6H3,(H,23,24,25). The fraction of sp³-hybridized carbons (Fsp3) is 0.381. The van der Waals surface area contributed by atoms with Gasteiger partial charge in [0, 0.05) is 11.6 Å². The molecule has 0 saturated carbocycles. The van der Waals surface area contributed by atoms with Crippen LogP contribution in [0, 0.1) is 18.3 Å². The lowest BCUT2D eigenvalue weighted by Gasteiger charge is -2.16. The van der Waals surface area contributed by atoms with E-state index in [1.165, 1.54) is 11.3 Å². The number of benzene rings is 1. The van der Waals surface area contributed by atoms with Crippen LogP contribution >= 0.6 is 11.3 Å². The van der Waals surface area contributed by atoms with Gasteiger partial charge in [0.05, 0.1) is 26.7 Å². The molecule has 1 atom stereocenters. The predicted octanol–water partition coefficient (Wildman–Crippen LogP) is 4.77. The largest absolute Gasteiger partial charge is 0.493 e. The first-order valence-corrected chi connectivity index (χ1v) is 10.1. The molecular weight excluding hydrogens is 388 g/mol. The molecular formula is C21H24N4O3S. The molecule has 0 radical (unpaired) electrons. The number of methoxy groups -OCH3 is 3. The first-order chi connectivity index (χ1) is 14.0. The normalized spacial score (nSPS) is 11.8. The molecule has 1 N–H and O–H groups in total. The summed E-state index contributed by atoms with van der Waals surface area (Å²) in [5.74, 6) is 2.82. The third-order valence-electron chi connectivity index (χ3n) is 4.81. The van der Waals surface area contributed by atoms with Crippen LogP contribution in [0.2, 0.25) is 0 Å². The van der Waals surface area contributed by atoms with E-state index < -0.39 is 0 Å². The van der Waals surface area contributed by atoms with Gasteiger partial charge in [-0.25, -0.2) is 9.97 Å². The quantitative estimate of drug-likeness (QED) is 0.597. The van der Waals surface area contributed by atoms with Gasteiger partial charge in [0.15, 0.2) is 17.3 Å². The van der Waals surface area contributed by atoms with Crippen LogP contribution in [0.15, 0.2) is 12.1 Å². The highest BCUT2D eigenvalue weighted by Crippen LogP contribution is 2.42. The van der Waals surface area contributed by atoms with Crippen LogP contribution in [0.3, 0.4) is 0 Å². The monoisotopic (exact) mass is 412 g/mol. The van der Waals surface area contributed by atoms with Crippen LogP contribution in [0.25, 0.3) is 21.6 Å². The lowest BCUT2D eigenvalue weighted by atomic mass is 10.1. The number of hydrogen-bond donors (Lipinski definition) is 1. The number of ether oxygens (including phenoxy) is 3. The summed E-state index contributed by atoms with van der Waals surface area (Å²) in [6, 6.07) is 6.13. The summed E-state index contributed by atoms with van der Waals surface area (Å²) in [6.45, 7) is 6.14. The number of anilines is 1. The van der Waals surface area contributed by atoms with E-state index in [1.54, 1.807) is 21.3 Å². The molecule has 29 heavy (non-hydrogen) atoms. The zero-order valence-corrected chi connectivity index (χ0v) is 18.2. The van der Waals surface area contributed by atoms with E-state index in [0.717, 1.165) is 33.6 Å². The van der Waals surface area contributed by atoms with Crippen molar-refractivity contribution in [2.75, 3.05) is 26.6 Å². The molecule has 0 saturated heterocycles. The fourth-order valence-corrected chi connectivity index (χ4v) is 4.00. The minimum atomic E-state index is 0.228. The predicted molar refractivity (Wildman–Crippen MR) is 115 cm³/mol. The maximum atomic E-state index is 9.46. The van der Waals surface area contributed by atoms with Crippen LogP contribution in [-0.4, -0.2) is 37.3 Å². The minimum Gasteiger partial charge on any atom is -0.493 e. The Morgan fingerprint density at radius 2 is 1.79 bits per heavy atom. The molecule has 7 nitrogen and oxygen atoms in total.